The van der Waals surface area contributed by atoms with Crippen molar-refractivity contribution in [3.05, 3.63) is 131 Å². The molecule has 1 aliphatic heterocycles. The molecule has 3 heterocycles. The van der Waals surface area contributed by atoms with E-state index in [0.29, 0.717) is 23.9 Å². The van der Waals surface area contributed by atoms with Gasteiger partial charge in [0.1, 0.15) is 29.8 Å². The van der Waals surface area contributed by atoms with Crippen molar-refractivity contribution < 1.29 is 19.4 Å². The highest BCUT2D eigenvalue weighted by atomic mass is 35.5. The van der Waals surface area contributed by atoms with Crippen molar-refractivity contribution >= 4 is 28.3 Å². The molecule has 2 N–H and O–H groups in total. The number of phenols is 1. The minimum absolute atomic E-state index is 0.0765. The van der Waals surface area contributed by atoms with Gasteiger partial charge >= 0.3 is 0 Å². The highest BCUT2D eigenvalue weighted by molar-refractivity contribution is 6.30. The summed E-state index contributed by atoms with van der Waals surface area (Å²) in [7, 11) is 0. The van der Waals surface area contributed by atoms with Gasteiger partial charge in [0.15, 0.2) is 0 Å². The third kappa shape index (κ3) is 7.60. The highest BCUT2D eigenvalue weighted by Gasteiger charge is 2.26. The Morgan fingerprint density at radius 2 is 1.80 bits per heavy atom. The molecule has 1 amide bonds. The number of hydrogen-bond donors (Lipinski definition) is 2. The molecule has 3 aromatic carbocycles. The smallest absolute Gasteiger partial charge is 0.258 e. The molecule has 0 spiro atoms. The van der Waals surface area contributed by atoms with Gasteiger partial charge in [-0.15, -0.1) is 0 Å². The first-order valence-corrected chi connectivity index (χ1v) is 15.5. The Morgan fingerprint density at radius 1 is 1.00 bits per heavy atom. The second-order valence-electron chi connectivity index (χ2n) is 11.1. The summed E-state index contributed by atoms with van der Waals surface area (Å²) >= 11 is 6.13. The molecule has 8 nitrogen and oxygen atoms in total. The fraction of sp³-hybridized carbons (Fsp3) is 0.250. The lowest BCUT2D eigenvalue weighted by atomic mass is 10.0. The Labute approximate surface area is 267 Å². The molecule has 1 unspecified atom stereocenters. The van der Waals surface area contributed by atoms with Crippen LogP contribution in [-0.2, 0) is 11.3 Å². The van der Waals surface area contributed by atoms with Crippen LogP contribution in [0.5, 0.6) is 11.5 Å². The van der Waals surface area contributed by atoms with Gasteiger partial charge in [0, 0.05) is 60.7 Å². The topological polar surface area (TPSA) is 96.8 Å². The zero-order valence-electron chi connectivity index (χ0n) is 24.8. The molecule has 0 aliphatic carbocycles. The number of nitrogens with zero attached hydrogens (tertiary/aromatic N) is 3. The molecule has 1 fully saturated rings. The van der Waals surface area contributed by atoms with E-state index < -0.39 is 0 Å². The van der Waals surface area contributed by atoms with E-state index in [0.717, 1.165) is 53.5 Å². The first-order valence-electron chi connectivity index (χ1n) is 15.1. The van der Waals surface area contributed by atoms with E-state index in [2.05, 4.69) is 20.2 Å². The Hall–Kier alpha value is -4.50. The molecule has 2 aromatic heterocycles. The number of piperidine rings is 1. The minimum Gasteiger partial charge on any atom is -0.507 e. The van der Waals surface area contributed by atoms with E-state index in [-0.39, 0.29) is 36.0 Å². The molecule has 6 rings (SSSR count). The summed E-state index contributed by atoms with van der Waals surface area (Å²) in [6.45, 7) is 3.02. The molecule has 0 radical (unpaired) electrons. The van der Waals surface area contributed by atoms with Gasteiger partial charge in [0.05, 0.1) is 11.8 Å². The number of fused-ring (bicyclic) bond motifs is 1. The lowest BCUT2D eigenvalue weighted by Gasteiger charge is -2.34. The number of hydrogen-bond acceptors (Lipinski definition) is 7. The molecule has 230 valence electrons. The summed E-state index contributed by atoms with van der Waals surface area (Å²) in [5.74, 6) is -0.139. The van der Waals surface area contributed by atoms with Crippen molar-refractivity contribution in [3.63, 3.8) is 0 Å². The Kier molecular flexibility index (Phi) is 9.85. The fourth-order valence-electron chi connectivity index (χ4n) is 5.67. The molecular weight excluding hydrogens is 588 g/mol. The van der Waals surface area contributed by atoms with E-state index in [1.54, 1.807) is 24.7 Å². The summed E-state index contributed by atoms with van der Waals surface area (Å²) in [4.78, 5) is 24.4. The molecular formula is C36H35ClN4O4. The molecule has 0 bridgehead atoms. The monoisotopic (exact) mass is 622 g/mol. The summed E-state index contributed by atoms with van der Waals surface area (Å²) in [5, 5.41) is 16.1. The van der Waals surface area contributed by atoms with Crippen LogP contribution in [0.15, 0.2) is 104 Å². The SMILES string of the molecule is O=C(NCCN1CCC(OC(c2ccc(Cl)cc2)c2ccccn2)CC1)c1c(O)cc2ccccc2c1OCc1cccnc1. The van der Waals surface area contributed by atoms with E-state index in [1.165, 1.54) is 0 Å². The van der Waals surface area contributed by atoms with Gasteiger partial charge in [-0.05, 0) is 60.2 Å². The second-order valence-corrected chi connectivity index (χ2v) is 11.5. The molecule has 5 aromatic rings. The van der Waals surface area contributed by atoms with Crippen molar-refractivity contribution in [2.45, 2.75) is 31.7 Å². The van der Waals surface area contributed by atoms with Crippen molar-refractivity contribution in [1.29, 1.82) is 0 Å². The zero-order chi connectivity index (χ0) is 31.0. The number of nitrogens with one attached hydrogen (secondary N) is 1. The van der Waals surface area contributed by atoms with Crippen LogP contribution in [0.25, 0.3) is 10.8 Å². The number of phenolic OH excluding ortho intramolecular Hbond substituents is 1. The highest BCUT2D eigenvalue weighted by Crippen LogP contribution is 2.37. The maximum Gasteiger partial charge on any atom is 0.258 e. The van der Waals surface area contributed by atoms with Gasteiger partial charge in [0.25, 0.3) is 5.91 Å². The summed E-state index contributed by atoms with van der Waals surface area (Å²) in [5.41, 5.74) is 2.88. The van der Waals surface area contributed by atoms with E-state index >= 15 is 0 Å². The van der Waals surface area contributed by atoms with Crippen LogP contribution >= 0.6 is 11.6 Å². The number of pyridine rings is 2. The summed E-state index contributed by atoms with van der Waals surface area (Å²) in [6, 6.07) is 26.5. The van der Waals surface area contributed by atoms with Crippen LogP contribution in [0.2, 0.25) is 5.02 Å². The lowest BCUT2D eigenvalue weighted by Crippen LogP contribution is -2.41. The van der Waals surface area contributed by atoms with Crippen LogP contribution in [0.4, 0.5) is 0 Å². The fourth-order valence-corrected chi connectivity index (χ4v) is 5.80. The number of likely N-dealkylation sites (tertiary alicyclic amines) is 1. The summed E-state index contributed by atoms with van der Waals surface area (Å²) < 4.78 is 12.8. The number of aromatic hydroxyl groups is 1. The van der Waals surface area contributed by atoms with Crippen LogP contribution in [-0.4, -0.2) is 58.2 Å². The van der Waals surface area contributed by atoms with Crippen LogP contribution < -0.4 is 10.1 Å². The van der Waals surface area contributed by atoms with Crippen molar-refractivity contribution in [1.82, 2.24) is 20.2 Å². The predicted octanol–water partition coefficient (Wildman–Crippen LogP) is 6.57. The molecule has 45 heavy (non-hydrogen) atoms. The van der Waals surface area contributed by atoms with Gasteiger partial charge in [0.2, 0.25) is 0 Å². The summed E-state index contributed by atoms with van der Waals surface area (Å²) in [6.07, 6.45) is 6.73. The molecule has 0 saturated carbocycles. The lowest BCUT2D eigenvalue weighted by molar-refractivity contribution is -0.0282. The van der Waals surface area contributed by atoms with E-state index in [1.807, 2.05) is 78.9 Å². The number of benzene rings is 3. The third-order valence-electron chi connectivity index (χ3n) is 8.02. The number of aromatic nitrogens is 2. The maximum absolute atomic E-state index is 13.4. The van der Waals surface area contributed by atoms with Crippen molar-refractivity contribution in [2.75, 3.05) is 26.2 Å². The first kappa shape index (κ1) is 30.5. The number of carbonyl (C=O) groups excluding carboxylic acids is 1. The number of carbonyl (C=O) groups is 1. The van der Waals surface area contributed by atoms with Crippen molar-refractivity contribution in [2.24, 2.45) is 0 Å². The van der Waals surface area contributed by atoms with Crippen LogP contribution in [0, 0.1) is 0 Å². The zero-order valence-corrected chi connectivity index (χ0v) is 25.6. The first-order chi connectivity index (χ1) is 22.0. The van der Waals surface area contributed by atoms with Gasteiger partial charge in [-0.25, -0.2) is 0 Å². The largest absolute Gasteiger partial charge is 0.507 e. The van der Waals surface area contributed by atoms with Crippen molar-refractivity contribution in [3.8, 4) is 11.5 Å². The quantitative estimate of drug-likeness (QED) is 0.172. The molecule has 1 saturated heterocycles. The normalized spacial score (nSPS) is 14.7. The van der Waals surface area contributed by atoms with E-state index in [4.69, 9.17) is 21.1 Å². The number of ether oxygens (including phenoxy) is 2. The number of rotatable bonds is 11. The second kappa shape index (κ2) is 14.5. The molecule has 9 heteroatoms. The standard InChI is InChI=1S/C36H35ClN4O4/c37-28-12-10-26(11-13-28)34(31-9-3-4-17-39-31)45-29-14-19-41(20-15-29)21-18-40-36(43)33-32(42)22-27-7-1-2-8-30(27)35(33)44-24-25-6-5-16-38-23-25/h1-13,16-17,22-23,29,34,42H,14-15,18-21,24H2,(H,40,43). The number of halogens is 1. The predicted molar refractivity (Wildman–Crippen MR) is 175 cm³/mol. The van der Waals surface area contributed by atoms with Gasteiger partial charge < -0.3 is 24.8 Å². The van der Waals surface area contributed by atoms with Crippen LogP contribution in [0.1, 0.15) is 46.1 Å². The average molecular weight is 623 g/mol. The van der Waals surface area contributed by atoms with Gasteiger partial charge in [-0.2, -0.15) is 0 Å². The van der Waals surface area contributed by atoms with Crippen LogP contribution in [0.3, 0.4) is 0 Å². The Bertz CT molecular complexity index is 1710. The Morgan fingerprint density at radius 3 is 2.56 bits per heavy atom. The maximum atomic E-state index is 13.4. The minimum atomic E-state index is -0.376. The third-order valence-corrected chi connectivity index (χ3v) is 8.27. The van der Waals surface area contributed by atoms with E-state index in [9.17, 15) is 9.90 Å². The molecule has 1 atom stereocenters. The molecule has 1 aliphatic rings. The van der Waals surface area contributed by atoms with Gasteiger partial charge in [-0.1, -0.05) is 60.1 Å². The number of amides is 1. The van der Waals surface area contributed by atoms with Gasteiger partial charge in [-0.3, -0.25) is 14.8 Å². The average Bonchev–Trinajstić information content (AvgIpc) is 3.08. The Balaban J connectivity index is 1.06.